The second-order valence-corrected chi connectivity index (χ2v) is 10.8. The van der Waals surface area contributed by atoms with E-state index in [0.717, 1.165) is 37.4 Å². The molecule has 1 aromatic heterocycles. The third-order valence-electron chi connectivity index (χ3n) is 8.01. The number of carbonyl (C=O) groups excluding carboxylic acids is 2. The number of benzene rings is 3. The van der Waals surface area contributed by atoms with Crippen molar-refractivity contribution in [2.75, 3.05) is 58.3 Å². The van der Waals surface area contributed by atoms with Crippen molar-refractivity contribution >= 4 is 39.9 Å². The topological polar surface area (TPSA) is 101 Å². The first-order valence-corrected chi connectivity index (χ1v) is 13.9. The van der Waals surface area contributed by atoms with E-state index in [2.05, 4.69) is 21.8 Å². The molecule has 4 aromatic rings. The molecule has 2 aliphatic rings. The standard InChI is InChI=1S/C32H32FN5O4/c1-36-13-15-37(16-14-36)19-28(39)38-12-11-21-17-24(8-10-27(21)38)34-30(20-3-6-23(33)7-4-20)29-25-9-5-22(32(41)42-2)18-26(25)35-31(29)40/h3-10,17-18,35,40H,11-16,19H2,1-2H3. The largest absolute Gasteiger partial charge is 0.494 e. The number of ether oxygens (including phenoxy) is 1. The molecule has 0 bridgehead atoms. The van der Waals surface area contributed by atoms with E-state index < -0.39 is 5.97 Å². The number of anilines is 1. The first kappa shape index (κ1) is 27.6. The Kier molecular flexibility index (Phi) is 7.49. The van der Waals surface area contributed by atoms with Crippen molar-refractivity contribution < 1.29 is 23.8 Å². The van der Waals surface area contributed by atoms with Gasteiger partial charge < -0.3 is 24.6 Å². The van der Waals surface area contributed by atoms with E-state index >= 15 is 0 Å². The minimum Gasteiger partial charge on any atom is -0.494 e. The molecule has 9 nitrogen and oxygen atoms in total. The highest BCUT2D eigenvalue weighted by Crippen LogP contribution is 2.35. The van der Waals surface area contributed by atoms with Gasteiger partial charge in [0, 0.05) is 54.9 Å². The van der Waals surface area contributed by atoms with Crippen molar-refractivity contribution in [3.8, 4) is 5.88 Å². The maximum absolute atomic E-state index is 13.8. The molecule has 1 saturated heterocycles. The predicted octanol–water partition coefficient (Wildman–Crippen LogP) is 4.10. The van der Waals surface area contributed by atoms with Crippen LogP contribution in [0, 0.1) is 5.82 Å². The van der Waals surface area contributed by atoms with Crippen LogP contribution in [0.3, 0.4) is 0 Å². The molecule has 1 fully saturated rings. The number of fused-ring (bicyclic) bond motifs is 2. The number of hydrogen-bond donors (Lipinski definition) is 2. The maximum Gasteiger partial charge on any atom is 0.337 e. The normalized spacial score (nSPS) is 16.2. The summed E-state index contributed by atoms with van der Waals surface area (Å²) in [6, 6.07) is 16.6. The van der Waals surface area contributed by atoms with Gasteiger partial charge in [-0.05, 0) is 73.6 Å². The number of likely N-dealkylation sites (N-methyl/N-ethyl adjacent to an activating group) is 1. The lowest BCUT2D eigenvalue weighted by Crippen LogP contribution is -2.48. The van der Waals surface area contributed by atoms with E-state index in [0.29, 0.717) is 58.5 Å². The third-order valence-corrected chi connectivity index (χ3v) is 8.01. The first-order valence-electron chi connectivity index (χ1n) is 13.9. The number of carbonyl (C=O) groups is 2. The average Bonchev–Trinajstić information content (AvgIpc) is 3.56. The number of aromatic amines is 1. The van der Waals surface area contributed by atoms with Crippen LogP contribution in [0.5, 0.6) is 5.88 Å². The zero-order chi connectivity index (χ0) is 29.4. The SMILES string of the molecule is COC(=O)c1ccc2c(C(=Nc3ccc4c(c3)CCN4C(=O)CN3CCN(C)CC3)c3ccc(F)cc3)c(O)[nH]c2c1. The molecular weight excluding hydrogens is 537 g/mol. The van der Waals surface area contributed by atoms with Gasteiger partial charge in [-0.2, -0.15) is 0 Å². The Morgan fingerprint density at radius 3 is 2.45 bits per heavy atom. The first-order chi connectivity index (χ1) is 20.3. The van der Waals surface area contributed by atoms with Crippen LogP contribution in [0.2, 0.25) is 0 Å². The summed E-state index contributed by atoms with van der Waals surface area (Å²) < 4.78 is 18.7. The fourth-order valence-electron chi connectivity index (χ4n) is 5.67. The molecule has 42 heavy (non-hydrogen) atoms. The number of piperazine rings is 1. The number of H-pyrrole nitrogens is 1. The molecule has 10 heteroatoms. The van der Waals surface area contributed by atoms with Gasteiger partial charge in [0.15, 0.2) is 5.88 Å². The van der Waals surface area contributed by atoms with Crippen molar-refractivity contribution in [1.82, 2.24) is 14.8 Å². The van der Waals surface area contributed by atoms with Gasteiger partial charge in [-0.3, -0.25) is 9.69 Å². The minimum atomic E-state index is -0.492. The summed E-state index contributed by atoms with van der Waals surface area (Å²) in [5.74, 6) is -0.912. The number of nitrogens with one attached hydrogen (secondary N) is 1. The molecule has 0 radical (unpaired) electrons. The number of aromatic hydroxyl groups is 1. The van der Waals surface area contributed by atoms with Crippen molar-refractivity contribution in [2.24, 2.45) is 4.99 Å². The van der Waals surface area contributed by atoms with E-state index in [1.165, 1.54) is 19.2 Å². The Hall–Kier alpha value is -4.54. The van der Waals surface area contributed by atoms with Crippen LogP contribution in [-0.2, 0) is 16.0 Å². The molecule has 216 valence electrons. The lowest BCUT2D eigenvalue weighted by Gasteiger charge is -2.32. The Morgan fingerprint density at radius 1 is 0.976 bits per heavy atom. The van der Waals surface area contributed by atoms with Crippen LogP contribution in [0.25, 0.3) is 10.9 Å². The van der Waals surface area contributed by atoms with E-state index in [-0.39, 0.29) is 17.6 Å². The van der Waals surface area contributed by atoms with Crippen molar-refractivity contribution in [3.63, 3.8) is 0 Å². The van der Waals surface area contributed by atoms with E-state index in [9.17, 15) is 19.1 Å². The van der Waals surface area contributed by atoms with Crippen LogP contribution in [0.1, 0.15) is 27.0 Å². The summed E-state index contributed by atoms with van der Waals surface area (Å²) >= 11 is 0. The number of aromatic nitrogens is 1. The van der Waals surface area contributed by atoms with Crippen LogP contribution in [-0.4, -0.2) is 90.9 Å². The van der Waals surface area contributed by atoms with Gasteiger partial charge in [-0.15, -0.1) is 0 Å². The molecule has 2 N–H and O–H groups in total. The Labute approximate surface area is 242 Å². The molecule has 2 aliphatic heterocycles. The Morgan fingerprint density at radius 2 is 1.71 bits per heavy atom. The zero-order valence-electron chi connectivity index (χ0n) is 23.6. The summed E-state index contributed by atoms with van der Waals surface area (Å²) in [6.07, 6.45) is 0.716. The summed E-state index contributed by atoms with van der Waals surface area (Å²) in [5.41, 5.74) is 4.89. The van der Waals surface area contributed by atoms with Crippen LogP contribution >= 0.6 is 0 Å². The monoisotopic (exact) mass is 569 g/mol. The Balaban J connectivity index is 1.35. The number of halogens is 1. The van der Waals surface area contributed by atoms with Gasteiger partial charge in [-0.25, -0.2) is 14.2 Å². The third kappa shape index (κ3) is 5.38. The highest BCUT2D eigenvalue weighted by molar-refractivity contribution is 6.22. The molecule has 0 saturated carbocycles. The number of rotatable bonds is 6. The van der Waals surface area contributed by atoms with Gasteiger partial charge in [-0.1, -0.05) is 6.07 Å². The number of aliphatic imine (C=N–C) groups is 1. The number of hydrogen-bond acceptors (Lipinski definition) is 7. The molecule has 6 rings (SSSR count). The maximum atomic E-state index is 13.8. The Bertz CT molecular complexity index is 1690. The van der Waals surface area contributed by atoms with Crippen LogP contribution in [0.15, 0.2) is 65.7 Å². The van der Waals surface area contributed by atoms with Gasteiger partial charge in [0.1, 0.15) is 5.82 Å². The molecule has 0 unspecified atom stereocenters. The fraction of sp³-hybridized carbons (Fsp3) is 0.281. The van der Waals surface area contributed by atoms with E-state index in [4.69, 9.17) is 9.73 Å². The van der Waals surface area contributed by atoms with E-state index in [1.807, 2.05) is 23.1 Å². The fourth-order valence-corrected chi connectivity index (χ4v) is 5.67. The second kappa shape index (κ2) is 11.4. The average molecular weight is 570 g/mol. The van der Waals surface area contributed by atoms with Gasteiger partial charge in [0.25, 0.3) is 0 Å². The smallest absolute Gasteiger partial charge is 0.337 e. The van der Waals surface area contributed by atoms with Gasteiger partial charge >= 0.3 is 5.97 Å². The quantitative estimate of drug-likeness (QED) is 0.268. The lowest BCUT2D eigenvalue weighted by molar-refractivity contribution is -0.120. The summed E-state index contributed by atoms with van der Waals surface area (Å²) in [4.78, 5) is 39.4. The number of esters is 1. The van der Waals surface area contributed by atoms with Gasteiger partial charge in [0.2, 0.25) is 5.91 Å². The van der Waals surface area contributed by atoms with E-state index in [1.54, 1.807) is 30.3 Å². The molecule has 0 aliphatic carbocycles. The number of nitrogens with zero attached hydrogens (tertiary/aromatic N) is 4. The summed E-state index contributed by atoms with van der Waals surface area (Å²) in [5, 5.41) is 11.7. The molecule has 0 spiro atoms. The highest BCUT2D eigenvalue weighted by atomic mass is 19.1. The molecule has 3 heterocycles. The van der Waals surface area contributed by atoms with Gasteiger partial charge in [0.05, 0.1) is 36.2 Å². The lowest BCUT2D eigenvalue weighted by atomic mass is 10.00. The van der Waals surface area contributed by atoms with Crippen molar-refractivity contribution in [3.05, 3.63) is 88.7 Å². The molecule has 3 aromatic carbocycles. The van der Waals surface area contributed by atoms with Crippen molar-refractivity contribution in [1.29, 1.82) is 0 Å². The van der Waals surface area contributed by atoms with Crippen LogP contribution < -0.4 is 4.90 Å². The summed E-state index contributed by atoms with van der Waals surface area (Å²) in [6.45, 7) is 4.70. The number of methoxy groups -OCH3 is 1. The molecular formula is C32H32FN5O4. The predicted molar refractivity (Wildman–Crippen MR) is 159 cm³/mol. The molecule has 1 amide bonds. The zero-order valence-corrected chi connectivity index (χ0v) is 23.6. The minimum absolute atomic E-state index is 0.0941. The number of amides is 1. The highest BCUT2D eigenvalue weighted by Gasteiger charge is 2.27. The molecule has 0 atom stereocenters. The summed E-state index contributed by atoms with van der Waals surface area (Å²) in [7, 11) is 3.40. The van der Waals surface area contributed by atoms with Crippen LogP contribution in [0.4, 0.5) is 15.8 Å². The van der Waals surface area contributed by atoms with Crippen molar-refractivity contribution in [2.45, 2.75) is 6.42 Å². The second-order valence-electron chi connectivity index (χ2n) is 10.8.